The molecule has 112 valence electrons. The lowest BCUT2D eigenvalue weighted by atomic mass is 9.90. The van der Waals surface area contributed by atoms with E-state index in [4.69, 9.17) is 5.73 Å². The first-order valence-corrected chi connectivity index (χ1v) is 7.50. The van der Waals surface area contributed by atoms with Crippen molar-refractivity contribution in [2.75, 3.05) is 0 Å². The van der Waals surface area contributed by atoms with Crippen LogP contribution in [0.4, 0.5) is 0 Å². The van der Waals surface area contributed by atoms with Gasteiger partial charge >= 0.3 is 0 Å². The summed E-state index contributed by atoms with van der Waals surface area (Å²) in [6.45, 7) is 4.63. The van der Waals surface area contributed by atoms with Gasteiger partial charge in [0.1, 0.15) is 5.54 Å². The number of carbonyl (C=O) groups is 1. The maximum Gasteiger partial charge on any atom is 0.239 e. The molecule has 3 rings (SSSR count). The first kappa shape index (κ1) is 14.1. The van der Waals surface area contributed by atoms with Crippen LogP contribution in [0.1, 0.15) is 26.7 Å². The van der Waals surface area contributed by atoms with Crippen molar-refractivity contribution in [2.45, 2.75) is 44.8 Å². The summed E-state index contributed by atoms with van der Waals surface area (Å²) in [4.78, 5) is 16.6. The van der Waals surface area contributed by atoms with Crippen molar-refractivity contribution in [1.82, 2.24) is 14.9 Å². The van der Waals surface area contributed by atoms with Crippen LogP contribution in [0.25, 0.3) is 11.0 Å². The van der Waals surface area contributed by atoms with Crippen molar-refractivity contribution >= 4 is 16.9 Å². The zero-order valence-electron chi connectivity index (χ0n) is 12.5. The molecule has 1 heterocycles. The molecule has 0 aliphatic heterocycles. The second kappa shape index (κ2) is 5.15. The van der Waals surface area contributed by atoms with Gasteiger partial charge in [0.05, 0.1) is 23.9 Å². The number of aromatic nitrogens is 2. The highest BCUT2D eigenvalue weighted by molar-refractivity contribution is 5.86. The summed E-state index contributed by atoms with van der Waals surface area (Å²) in [5, 5.41) is 3.43. The van der Waals surface area contributed by atoms with Crippen LogP contribution in [0, 0.1) is 5.92 Å². The Morgan fingerprint density at radius 3 is 2.81 bits per heavy atom. The van der Waals surface area contributed by atoms with Gasteiger partial charge in [-0.3, -0.25) is 10.1 Å². The molecule has 0 radical (unpaired) electrons. The maximum absolute atomic E-state index is 12.2. The number of nitrogens with zero attached hydrogens (tertiary/aromatic N) is 2. The Bertz CT molecular complexity index is 659. The minimum Gasteiger partial charge on any atom is -0.368 e. The molecular formula is C16H22N4O. The van der Waals surface area contributed by atoms with Gasteiger partial charge in [-0.15, -0.1) is 0 Å². The molecule has 0 saturated heterocycles. The van der Waals surface area contributed by atoms with E-state index in [2.05, 4.69) is 10.3 Å². The van der Waals surface area contributed by atoms with Crippen molar-refractivity contribution in [3.63, 3.8) is 0 Å². The molecule has 1 fully saturated rings. The van der Waals surface area contributed by atoms with Crippen molar-refractivity contribution in [3.8, 4) is 0 Å². The normalized spacial score (nSPS) is 18.0. The van der Waals surface area contributed by atoms with E-state index in [1.54, 1.807) is 6.33 Å². The van der Waals surface area contributed by atoms with Crippen LogP contribution in [0.2, 0.25) is 0 Å². The lowest BCUT2D eigenvalue weighted by Crippen LogP contribution is -2.61. The van der Waals surface area contributed by atoms with Crippen LogP contribution in [0.15, 0.2) is 30.6 Å². The lowest BCUT2D eigenvalue weighted by Gasteiger charge is -2.34. The van der Waals surface area contributed by atoms with Gasteiger partial charge in [-0.05, 0) is 44.7 Å². The van der Waals surface area contributed by atoms with E-state index < -0.39 is 5.54 Å². The van der Waals surface area contributed by atoms with E-state index in [1.807, 2.05) is 42.7 Å². The molecule has 1 aromatic heterocycles. The van der Waals surface area contributed by atoms with Gasteiger partial charge in [-0.1, -0.05) is 12.1 Å². The number of hydrogen-bond acceptors (Lipinski definition) is 3. The fraction of sp³-hybridized carbons (Fsp3) is 0.500. The smallest absolute Gasteiger partial charge is 0.239 e. The minimum atomic E-state index is -0.683. The first-order chi connectivity index (χ1) is 10.0. The maximum atomic E-state index is 12.2. The summed E-state index contributed by atoms with van der Waals surface area (Å²) in [6.07, 6.45) is 3.90. The Morgan fingerprint density at radius 1 is 1.48 bits per heavy atom. The van der Waals surface area contributed by atoms with Gasteiger partial charge in [0.15, 0.2) is 0 Å². The highest BCUT2D eigenvalue weighted by Crippen LogP contribution is 2.41. The number of benzene rings is 1. The molecule has 2 aromatic rings. The number of hydrogen-bond donors (Lipinski definition) is 2. The van der Waals surface area contributed by atoms with E-state index in [-0.39, 0.29) is 11.9 Å². The number of nitrogens with two attached hydrogens (primary N) is 1. The molecule has 1 atom stereocenters. The summed E-state index contributed by atoms with van der Waals surface area (Å²) in [5.41, 5.74) is 7.08. The molecule has 0 bridgehead atoms. The average molecular weight is 286 g/mol. The van der Waals surface area contributed by atoms with Gasteiger partial charge in [0.2, 0.25) is 5.91 Å². The van der Waals surface area contributed by atoms with E-state index in [0.717, 1.165) is 23.9 Å². The van der Waals surface area contributed by atoms with Gasteiger partial charge in [-0.2, -0.15) is 0 Å². The van der Waals surface area contributed by atoms with Crippen LogP contribution in [-0.4, -0.2) is 27.0 Å². The first-order valence-electron chi connectivity index (χ1n) is 7.50. The molecule has 1 aromatic carbocycles. The molecule has 1 aliphatic carbocycles. The lowest BCUT2D eigenvalue weighted by molar-refractivity contribution is -0.126. The Hall–Kier alpha value is -1.88. The molecule has 1 unspecified atom stereocenters. The number of imidazole rings is 1. The number of primary amides is 1. The quantitative estimate of drug-likeness (QED) is 0.848. The number of fused-ring (bicyclic) bond motifs is 1. The highest BCUT2D eigenvalue weighted by Gasteiger charge is 2.50. The van der Waals surface area contributed by atoms with Gasteiger partial charge < -0.3 is 10.3 Å². The van der Waals surface area contributed by atoms with E-state index in [1.165, 1.54) is 0 Å². The number of rotatable bonds is 6. The predicted molar refractivity (Wildman–Crippen MR) is 82.7 cm³/mol. The zero-order valence-corrected chi connectivity index (χ0v) is 12.5. The van der Waals surface area contributed by atoms with Crippen molar-refractivity contribution in [3.05, 3.63) is 30.6 Å². The molecule has 21 heavy (non-hydrogen) atoms. The van der Waals surface area contributed by atoms with Crippen LogP contribution in [0.3, 0.4) is 0 Å². The molecular weight excluding hydrogens is 264 g/mol. The molecule has 0 spiro atoms. The SMILES string of the molecule is CC(C)NC(Cn1cnc2ccccc21)(C(N)=O)C1CC1. The summed E-state index contributed by atoms with van der Waals surface area (Å²) in [7, 11) is 0. The molecule has 1 saturated carbocycles. The minimum absolute atomic E-state index is 0.202. The second-order valence-electron chi connectivity index (χ2n) is 6.27. The molecule has 3 N–H and O–H groups in total. The third-order valence-corrected chi connectivity index (χ3v) is 4.21. The molecule has 1 aliphatic rings. The average Bonchev–Trinajstić information content (AvgIpc) is 3.21. The zero-order chi connectivity index (χ0) is 15.0. The highest BCUT2D eigenvalue weighted by atomic mass is 16.1. The Kier molecular flexibility index (Phi) is 3.45. The monoisotopic (exact) mass is 286 g/mol. The molecule has 1 amide bonds. The van der Waals surface area contributed by atoms with E-state index in [9.17, 15) is 4.79 Å². The second-order valence-corrected chi connectivity index (χ2v) is 6.27. The number of amides is 1. The van der Waals surface area contributed by atoms with Crippen LogP contribution >= 0.6 is 0 Å². The van der Waals surface area contributed by atoms with Gasteiger partial charge in [-0.25, -0.2) is 4.98 Å². The summed E-state index contributed by atoms with van der Waals surface area (Å²) < 4.78 is 2.04. The van der Waals surface area contributed by atoms with E-state index in [0.29, 0.717) is 12.5 Å². The van der Waals surface area contributed by atoms with Crippen molar-refractivity contribution in [1.29, 1.82) is 0 Å². The number of carbonyl (C=O) groups excluding carboxylic acids is 1. The Labute approximate surface area is 124 Å². The van der Waals surface area contributed by atoms with Gasteiger partial charge in [0, 0.05) is 6.04 Å². The topological polar surface area (TPSA) is 72.9 Å². The van der Waals surface area contributed by atoms with Gasteiger partial charge in [0.25, 0.3) is 0 Å². The largest absolute Gasteiger partial charge is 0.368 e. The summed E-state index contributed by atoms with van der Waals surface area (Å²) in [6, 6.07) is 8.15. The fourth-order valence-corrected chi connectivity index (χ4v) is 3.14. The van der Waals surface area contributed by atoms with Crippen molar-refractivity contribution in [2.24, 2.45) is 11.7 Å². The summed E-state index contributed by atoms with van der Waals surface area (Å²) in [5.74, 6) is 0.0510. The molecule has 5 heteroatoms. The molecule has 5 nitrogen and oxygen atoms in total. The fourth-order valence-electron chi connectivity index (χ4n) is 3.14. The van der Waals surface area contributed by atoms with Crippen LogP contribution in [0.5, 0.6) is 0 Å². The summed E-state index contributed by atoms with van der Waals surface area (Å²) >= 11 is 0. The predicted octanol–water partition coefficient (Wildman–Crippen LogP) is 1.67. The van der Waals surface area contributed by atoms with E-state index >= 15 is 0 Å². The third-order valence-electron chi connectivity index (χ3n) is 4.21. The number of nitrogens with one attached hydrogen (secondary N) is 1. The number of para-hydroxylation sites is 2. The third kappa shape index (κ3) is 2.53. The standard InChI is InChI=1S/C16H22N4O/c1-11(2)19-16(15(17)21,12-7-8-12)9-20-10-18-13-5-3-4-6-14(13)20/h3-6,10-12,19H,7-9H2,1-2H3,(H2,17,21). The Balaban J connectivity index is 1.99. The van der Waals surface area contributed by atoms with Crippen molar-refractivity contribution < 1.29 is 4.79 Å². The van der Waals surface area contributed by atoms with Crippen LogP contribution in [-0.2, 0) is 11.3 Å². The van der Waals surface area contributed by atoms with Crippen LogP contribution < -0.4 is 11.1 Å². The Morgan fingerprint density at radius 2 is 2.19 bits per heavy atom.